The Morgan fingerprint density at radius 3 is 2.57 bits per heavy atom. The zero-order valence-corrected chi connectivity index (χ0v) is 13.2. The molecule has 0 unspecified atom stereocenters. The molecule has 0 radical (unpaired) electrons. The third kappa shape index (κ3) is 4.64. The maximum Gasteiger partial charge on any atom is 0.241 e. The summed E-state index contributed by atoms with van der Waals surface area (Å²) < 4.78 is 27.9. The highest BCUT2D eigenvalue weighted by Gasteiger charge is 2.15. The molecule has 0 atom stereocenters. The van der Waals surface area contributed by atoms with Crippen LogP contribution in [-0.4, -0.2) is 30.7 Å². The number of carbonyl (C=O) groups is 1. The smallest absolute Gasteiger partial charge is 0.241 e. The largest absolute Gasteiger partial charge is 0.349 e. The van der Waals surface area contributed by atoms with E-state index in [4.69, 9.17) is 5.26 Å². The van der Waals surface area contributed by atoms with Gasteiger partial charge in [-0.3, -0.25) is 9.48 Å². The van der Waals surface area contributed by atoms with Crippen molar-refractivity contribution in [1.29, 1.82) is 5.26 Å². The van der Waals surface area contributed by atoms with Crippen LogP contribution in [0.25, 0.3) is 0 Å². The molecule has 1 heterocycles. The summed E-state index contributed by atoms with van der Waals surface area (Å²) >= 11 is 0. The Bertz CT molecular complexity index is 834. The highest BCUT2D eigenvalue weighted by molar-refractivity contribution is 7.89. The number of amides is 1. The summed E-state index contributed by atoms with van der Waals surface area (Å²) in [4.78, 5) is 11.7. The van der Waals surface area contributed by atoms with Crippen LogP contribution in [-0.2, 0) is 28.4 Å². The van der Waals surface area contributed by atoms with E-state index in [9.17, 15) is 13.2 Å². The van der Waals surface area contributed by atoms with E-state index in [1.807, 2.05) is 6.07 Å². The number of nitriles is 1. The maximum absolute atomic E-state index is 12.0. The summed E-state index contributed by atoms with van der Waals surface area (Å²) in [5.41, 5.74) is 1.04. The van der Waals surface area contributed by atoms with Gasteiger partial charge in [0.2, 0.25) is 15.9 Å². The molecule has 0 bridgehead atoms. The summed E-state index contributed by atoms with van der Waals surface area (Å²) in [5, 5.41) is 15.3. The number of rotatable bonds is 6. The number of nitrogens with one attached hydrogen (secondary N) is 2. The number of nitrogens with zero attached hydrogens (tertiary/aromatic N) is 3. The van der Waals surface area contributed by atoms with Gasteiger partial charge in [-0.05, 0) is 30.3 Å². The minimum atomic E-state index is -3.80. The predicted molar refractivity (Wildman–Crippen MR) is 81.4 cm³/mol. The number of sulfonamides is 1. The average Bonchev–Trinajstić information content (AvgIpc) is 2.96. The second kappa shape index (κ2) is 7.04. The molecular weight excluding hydrogens is 318 g/mol. The molecule has 9 heteroatoms. The van der Waals surface area contributed by atoms with Gasteiger partial charge in [-0.15, -0.1) is 0 Å². The molecule has 0 spiro atoms. The van der Waals surface area contributed by atoms with Crippen LogP contribution in [0.1, 0.15) is 11.3 Å². The van der Waals surface area contributed by atoms with E-state index in [2.05, 4.69) is 15.1 Å². The second-order valence-corrected chi connectivity index (χ2v) is 6.49. The molecule has 2 rings (SSSR count). The summed E-state index contributed by atoms with van der Waals surface area (Å²) in [6.45, 7) is -0.159. The van der Waals surface area contributed by atoms with Crippen LogP contribution in [0.2, 0.25) is 0 Å². The quantitative estimate of drug-likeness (QED) is 0.765. The molecule has 1 aromatic heterocycles. The van der Waals surface area contributed by atoms with E-state index in [1.54, 1.807) is 24.0 Å². The van der Waals surface area contributed by atoms with Crippen molar-refractivity contribution in [3.05, 3.63) is 47.8 Å². The fourth-order valence-corrected chi connectivity index (χ4v) is 2.74. The Labute approximate surface area is 133 Å². The fraction of sp³-hybridized carbons (Fsp3) is 0.214. The minimum absolute atomic E-state index is 0.00553. The van der Waals surface area contributed by atoms with Crippen molar-refractivity contribution < 1.29 is 13.2 Å². The number of aromatic nitrogens is 2. The van der Waals surface area contributed by atoms with Crippen LogP contribution in [0.15, 0.2) is 41.4 Å². The van der Waals surface area contributed by atoms with Crippen molar-refractivity contribution in [3.63, 3.8) is 0 Å². The third-order valence-corrected chi connectivity index (χ3v) is 4.37. The summed E-state index contributed by atoms with van der Waals surface area (Å²) in [6.07, 6.45) is 1.75. The number of benzene rings is 1. The number of carbonyl (C=O) groups excluding carboxylic acids is 1. The Balaban J connectivity index is 1.88. The molecule has 23 heavy (non-hydrogen) atoms. The Morgan fingerprint density at radius 1 is 1.30 bits per heavy atom. The number of aryl methyl sites for hydroxylation is 1. The third-order valence-electron chi connectivity index (χ3n) is 2.95. The first kappa shape index (κ1) is 16.7. The normalized spacial score (nSPS) is 11.0. The van der Waals surface area contributed by atoms with Gasteiger partial charge in [0.25, 0.3) is 0 Å². The topological polar surface area (TPSA) is 117 Å². The summed E-state index contributed by atoms with van der Waals surface area (Å²) in [5.74, 6) is -0.465. The van der Waals surface area contributed by atoms with E-state index in [1.165, 1.54) is 24.3 Å². The molecule has 120 valence electrons. The number of hydrogen-bond donors (Lipinski definition) is 2. The monoisotopic (exact) mass is 333 g/mol. The van der Waals surface area contributed by atoms with Crippen molar-refractivity contribution in [2.75, 3.05) is 6.54 Å². The lowest BCUT2D eigenvalue weighted by Gasteiger charge is -2.07. The van der Waals surface area contributed by atoms with Crippen molar-refractivity contribution in [2.45, 2.75) is 11.4 Å². The predicted octanol–water partition coefficient (Wildman–Crippen LogP) is -0.114. The van der Waals surface area contributed by atoms with Gasteiger partial charge in [-0.2, -0.15) is 10.4 Å². The SMILES string of the molecule is Cn1ccc(CNC(=O)CNS(=O)(=O)c2ccc(C#N)cc2)n1. The van der Waals surface area contributed by atoms with Crippen LogP contribution in [0.4, 0.5) is 0 Å². The van der Waals surface area contributed by atoms with Crippen LogP contribution in [0.3, 0.4) is 0 Å². The summed E-state index contributed by atoms with van der Waals surface area (Å²) in [7, 11) is -2.04. The highest BCUT2D eigenvalue weighted by Crippen LogP contribution is 2.09. The lowest BCUT2D eigenvalue weighted by molar-refractivity contribution is -0.120. The summed E-state index contributed by atoms with van der Waals surface area (Å²) in [6, 6.07) is 9.08. The molecule has 0 fully saturated rings. The van der Waals surface area contributed by atoms with Gasteiger partial charge >= 0.3 is 0 Å². The standard InChI is InChI=1S/C14H15N5O3S/c1-19-7-6-12(18-19)9-16-14(20)10-17-23(21,22)13-4-2-11(8-15)3-5-13/h2-7,17H,9-10H2,1H3,(H,16,20). The van der Waals surface area contributed by atoms with Crippen LogP contribution < -0.4 is 10.0 Å². The van der Waals surface area contributed by atoms with E-state index >= 15 is 0 Å². The van der Waals surface area contributed by atoms with Crippen molar-refractivity contribution in [2.24, 2.45) is 7.05 Å². The van der Waals surface area contributed by atoms with Crippen LogP contribution >= 0.6 is 0 Å². The maximum atomic E-state index is 12.0. The molecule has 8 nitrogen and oxygen atoms in total. The van der Waals surface area contributed by atoms with Gasteiger partial charge in [-0.25, -0.2) is 13.1 Å². The molecule has 1 amide bonds. The Hall–Kier alpha value is -2.70. The molecule has 2 N–H and O–H groups in total. The van der Waals surface area contributed by atoms with Crippen molar-refractivity contribution in [3.8, 4) is 6.07 Å². The zero-order valence-electron chi connectivity index (χ0n) is 12.4. The van der Waals surface area contributed by atoms with Gasteiger partial charge in [0.05, 0.1) is 35.3 Å². The fourth-order valence-electron chi connectivity index (χ4n) is 1.76. The van der Waals surface area contributed by atoms with Crippen molar-refractivity contribution >= 4 is 15.9 Å². The van der Waals surface area contributed by atoms with E-state index in [-0.39, 0.29) is 18.0 Å². The Kier molecular flexibility index (Phi) is 5.10. The first-order valence-electron chi connectivity index (χ1n) is 6.66. The second-order valence-electron chi connectivity index (χ2n) is 4.72. The van der Waals surface area contributed by atoms with E-state index < -0.39 is 15.9 Å². The number of hydrogen-bond acceptors (Lipinski definition) is 5. The first-order chi connectivity index (χ1) is 10.9. The molecule has 0 aliphatic carbocycles. The van der Waals surface area contributed by atoms with Gasteiger partial charge in [0.1, 0.15) is 0 Å². The van der Waals surface area contributed by atoms with Crippen molar-refractivity contribution in [1.82, 2.24) is 19.8 Å². The molecular formula is C14H15N5O3S. The van der Waals surface area contributed by atoms with Crippen LogP contribution in [0.5, 0.6) is 0 Å². The van der Waals surface area contributed by atoms with Crippen LogP contribution in [0, 0.1) is 11.3 Å². The highest BCUT2D eigenvalue weighted by atomic mass is 32.2. The first-order valence-corrected chi connectivity index (χ1v) is 8.14. The van der Waals surface area contributed by atoms with Gasteiger partial charge in [0.15, 0.2) is 0 Å². The Morgan fingerprint density at radius 2 is 2.00 bits per heavy atom. The molecule has 0 aliphatic heterocycles. The zero-order chi connectivity index (χ0) is 16.9. The molecule has 1 aromatic carbocycles. The van der Waals surface area contributed by atoms with Gasteiger partial charge in [0, 0.05) is 13.2 Å². The lowest BCUT2D eigenvalue weighted by Crippen LogP contribution is -2.36. The lowest BCUT2D eigenvalue weighted by atomic mass is 10.2. The van der Waals surface area contributed by atoms with E-state index in [0.717, 1.165) is 0 Å². The average molecular weight is 333 g/mol. The molecule has 0 aliphatic rings. The molecule has 0 saturated heterocycles. The minimum Gasteiger partial charge on any atom is -0.349 e. The van der Waals surface area contributed by atoms with Gasteiger partial charge in [-0.1, -0.05) is 0 Å². The van der Waals surface area contributed by atoms with Gasteiger partial charge < -0.3 is 5.32 Å². The molecule has 2 aromatic rings. The van der Waals surface area contributed by atoms with E-state index in [0.29, 0.717) is 11.3 Å². The molecule has 0 saturated carbocycles.